The van der Waals surface area contributed by atoms with Gasteiger partial charge in [0.1, 0.15) is 5.56 Å². The lowest BCUT2D eigenvalue weighted by Crippen LogP contribution is -2.30. The van der Waals surface area contributed by atoms with Crippen LogP contribution >= 0.6 is 0 Å². The highest BCUT2D eigenvalue weighted by molar-refractivity contribution is 6.31. The van der Waals surface area contributed by atoms with E-state index in [1.54, 1.807) is 18.2 Å². The number of aromatic nitrogens is 2. The summed E-state index contributed by atoms with van der Waals surface area (Å²) >= 11 is 0. The SMILES string of the molecule is CCc1ccc(-n2c(O)c(/C=C3\C(C)=Nc4ccc(C)cc43)c(=O)[nH]c2=O)cc1. The second-order valence-corrected chi connectivity index (χ2v) is 7.13. The summed E-state index contributed by atoms with van der Waals surface area (Å²) in [5, 5.41) is 10.8. The second kappa shape index (κ2) is 7.05. The normalized spacial score (nSPS) is 14.2. The van der Waals surface area contributed by atoms with Crippen molar-refractivity contribution in [3.63, 3.8) is 0 Å². The molecule has 6 heteroatoms. The summed E-state index contributed by atoms with van der Waals surface area (Å²) in [6.45, 7) is 5.87. The maximum Gasteiger partial charge on any atom is 0.335 e. The van der Waals surface area contributed by atoms with Crippen molar-refractivity contribution in [2.24, 2.45) is 4.99 Å². The molecule has 0 unspecified atom stereocenters. The summed E-state index contributed by atoms with van der Waals surface area (Å²) in [5.41, 5.74) is 4.55. The van der Waals surface area contributed by atoms with E-state index in [1.165, 1.54) is 0 Å². The summed E-state index contributed by atoms with van der Waals surface area (Å²) in [6.07, 6.45) is 2.45. The fourth-order valence-electron chi connectivity index (χ4n) is 3.51. The molecule has 0 spiro atoms. The van der Waals surface area contributed by atoms with E-state index in [0.29, 0.717) is 5.69 Å². The van der Waals surface area contributed by atoms with Crippen molar-refractivity contribution in [2.45, 2.75) is 27.2 Å². The molecule has 3 aromatic rings. The lowest BCUT2D eigenvalue weighted by Gasteiger charge is -2.11. The van der Waals surface area contributed by atoms with Crippen molar-refractivity contribution < 1.29 is 5.11 Å². The van der Waals surface area contributed by atoms with E-state index in [2.05, 4.69) is 9.98 Å². The zero-order valence-corrected chi connectivity index (χ0v) is 16.5. The molecule has 6 nitrogen and oxygen atoms in total. The summed E-state index contributed by atoms with van der Waals surface area (Å²) in [7, 11) is 0. The Morgan fingerprint density at radius 3 is 2.52 bits per heavy atom. The molecule has 1 aliphatic heterocycles. The van der Waals surface area contributed by atoms with Crippen molar-refractivity contribution in [3.05, 3.63) is 85.6 Å². The molecule has 2 N–H and O–H groups in total. The monoisotopic (exact) mass is 387 g/mol. The van der Waals surface area contributed by atoms with E-state index in [-0.39, 0.29) is 5.56 Å². The highest BCUT2D eigenvalue weighted by Crippen LogP contribution is 2.37. The average Bonchev–Trinajstić information content (AvgIpc) is 3.00. The number of allylic oxidation sites excluding steroid dienone is 1. The van der Waals surface area contributed by atoms with Gasteiger partial charge in [0.2, 0.25) is 5.88 Å². The van der Waals surface area contributed by atoms with Gasteiger partial charge in [-0.2, -0.15) is 0 Å². The Morgan fingerprint density at radius 1 is 1.10 bits per heavy atom. The van der Waals surface area contributed by atoms with Gasteiger partial charge in [0.15, 0.2) is 0 Å². The lowest BCUT2D eigenvalue weighted by atomic mass is 9.99. The first-order chi connectivity index (χ1) is 13.9. The van der Waals surface area contributed by atoms with Crippen molar-refractivity contribution in [2.75, 3.05) is 0 Å². The molecule has 0 amide bonds. The number of nitrogens with zero attached hydrogens (tertiary/aromatic N) is 2. The molecule has 0 aliphatic carbocycles. The minimum atomic E-state index is -0.688. The molecule has 0 saturated heterocycles. The summed E-state index contributed by atoms with van der Waals surface area (Å²) in [6, 6.07) is 13.2. The third kappa shape index (κ3) is 3.23. The molecule has 2 heterocycles. The number of aromatic amines is 1. The quantitative estimate of drug-likeness (QED) is 0.717. The van der Waals surface area contributed by atoms with Crippen LogP contribution < -0.4 is 11.2 Å². The third-order valence-electron chi connectivity index (χ3n) is 5.13. The van der Waals surface area contributed by atoms with Crippen LogP contribution in [0.1, 0.15) is 36.1 Å². The van der Waals surface area contributed by atoms with E-state index in [1.807, 2.05) is 51.1 Å². The Hall–Kier alpha value is -3.67. The van der Waals surface area contributed by atoms with Gasteiger partial charge < -0.3 is 5.11 Å². The number of hydrogen-bond acceptors (Lipinski definition) is 4. The van der Waals surface area contributed by atoms with Crippen LogP contribution in [-0.4, -0.2) is 20.4 Å². The van der Waals surface area contributed by atoms with Crippen LogP contribution in [0.15, 0.2) is 57.0 Å². The van der Waals surface area contributed by atoms with Gasteiger partial charge in [-0.05, 0) is 56.2 Å². The zero-order valence-electron chi connectivity index (χ0n) is 16.5. The maximum atomic E-state index is 12.5. The van der Waals surface area contributed by atoms with Crippen LogP contribution in [0.25, 0.3) is 17.3 Å². The predicted octanol–water partition coefficient (Wildman–Crippen LogP) is 3.75. The van der Waals surface area contributed by atoms with Gasteiger partial charge in [-0.1, -0.05) is 30.7 Å². The maximum absolute atomic E-state index is 12.5. The standard InChI is InChI=1S/C23H21N3O3/c1-4-15-6-8-16(9-7-15)26-22(28)19(21(27)25-23(26)29)12-17-14(3)24-20-10-5-13(2)11-18(17)20/h5-12,28H,4H2,1-3H3,(H,25,27,29)/b17-12+. The number of rotatable bonds is 3. The molecule has 0 bridgehead atoms. The fraction of sp³-hybridized carbons (Fsp3) is 0.174. The van der Waals surface area contributed by atoms with Crippen LogP contribution in [0.4, 0.5) is 5.69 Å². The third-order valence-corrected chi connectivity index (χ3v) is 5.13. The number of H-pyrrole nitrogens is 1. The molecule has 0 saturated carbocycles. The van der Waals surface area contributed by atoms with Crippen LogP contribution in [0.2, 0.25) is 0 Å². The Balaban J connectivity index is 1.91. The largest absolute Gasteiger partial charge is 0.494 e. The Labute approximate surface area is 167 Å². The minimum Gasteiger partial charge on any atom is -0.494 e. The van der Waals surface area contributed by atoms with Crippen LogP contribution in [0.5, 0.6) is 5.88 Å². The van der Waals surface area contributed by atoms with Crippen molar-refractivity contribution >= 4 is 23.0 Å². The topological polar surface area (TPSA) is 87.4 Å². The van der Waals surface area contributed by atoms with Crippen LogP contribution in [-0.2, 0) is 6.42 Å². The second-order valence-electron chi connectivity index (χ2n) is 7.13. The van der Waals surface area contributed by atoms with Crippen LogP contribution in [0, 0.1) is 6.92 Å². The molecule has 2 aromatic carbocycles. The van der Waals surface area contributed by atoms with Gasteiger partial charge in [-0.25, -0.2) is 9.36 Å². The molecule has 0 radical (unpaired) electrons. The van der Waals surface area contributed by atoms with Gasteiger partial charge >= 0.3 is 5.69 Å². The Morgan fingerprint density at radius 2 is 1.83 bits per heavy atom. The first-order valence-corrected chi connectivity index (χ1v) is 9.45. The molecule has 29 heavy (non-hydrogen) atoms. The molecule has 1 aliphatic rings. The summed E-state index contributed by atoms with van der Waals surface area (Å²) in [4.78, 5) is 31.8. The van der Waals surface area contributed by atoms with Gasteiger partial charge in [0.25, 0.3) is 5.56 Å². The number of nitrogens with one attached hydrogen (secondary N) is 1. The first kappa shape index (κ1) is 18.7. The van der Waals surface area contributed by atoms with Crippen molar-refractivity contribution in [3.8, 4) is 11.6 Å². The average molecular weight is 387 g/mol. The number of fused-ring (bicyclic) bond motifs is 1. The molecular formula is C23H21N3O3. The highest BCUT2D eigenvalue weighted by atomic mass is 16.3. The Bertz CT molecular complexity index is 1290. The molecule has 0 fully saturated rings. The number of aromatic hydroxyl groups is 1. The van der Waals surface area contributed by atoms with E-state index in [4.69, 9.17) is 0 Å². The van der Waals surface area contributed by atoms with E-state index >= 15 is 0 Å². The smallest absolute Gasteiger partial charge is 0.335 e. The van der Waals surface area contributed by atoms with E-state index < -0.39 is 17.1 Å². The Kier molecular flexibility index (Phi) is 4.54. The minimum absolute atomic E-state index is 0.0167. The van der Waals surface area contributed by atoms with Gasteiger partial charge in [0.05, 0.1) is 11.4 Å². The lowest BCUT2D eigenvalue weighted by molar-refractivity contribution is 0.429. The molecule has 146 valence electrons. The van der Waals surface area contributed by atoms with Crippen LogP contribution in [0.3, 0.4) is 0 Å². The number of aliphatic imine (C=N–C) groups is 1. The van der Waals surface area contributed by atoms with Crippen molar-refractivity contribution in [1.82, 2.24) is 9.55 Å². The van der Waals surface area contributed by atoms with E-state index in [9.17, 15) is 14.7 Å². The number of benzene rings is 2. The molecular weight excluding hydrogens is 366 g/mol. The van der Waals surface area contributed by atoms with Gasteiger partial charge in [-0.15, -0.1) is 0 Å². The predicted molar refractivity (Wildman–Crippen MR) is 116 cm³/mol. The zero-order chi connectivity index (χ0) is 20.7. The number of hydrogen-bond donors (Lipinski definition) is 2. The molecule has 1 aromatic heterocycles. The summed E-state index contributed by atoms with van der Waals surface area (Å²) in [5.74, 6) is -0.399. The highest BCUT2D eigenvalue weighted by Gasteiger charge is 2.21. The molecule has 4 rings (SSSR count). The van der Waals surface area contributed by atoms with Gasteiger partial charge in [-0.3, -0.25) is 14.8 Å². The summed E-state index contributed by atoms with van der Waals surface area (Å²) < 4.78 is 1.10. The molecule has 0 atom stereocenters. The van der Waals surface area contributed by atoms with E-state index in [0.717, 1.165) is 44.7 Å². The fourth-order valence-corrected chi connectivity index (χ4v) is 3.51. The van der Waals surface area contributed by atoms with Crippen molar-refractivity contribution in [1.29, 1.82) is 0 Å². The first-order valence-electron chi connectivity index (χ1n) is 9.45. The number of aryl methyl sites for hydroxylation is 2. The van der Waals surface area contributed by atoms with Gasteiger partial charge in [0, 0.05) is 16.8 Å².